The Balaban J connectivity index is 1.20. The van der Waals surface area contributed by atoms with Gasteiger partial charge in [-0.15, -0.1) is 0 Å². The van der Waals surface area contributed by atoms with E-state index in [4.69, 9.17) is 9.97 Å². The summed E-state index contributed by atoms with van der Waals surface area (Å²) in [5, 5.41) is 12.8. The first-order valence-electron chi connectivity index (χ1n) is 16.3. The third-order valence-electron chi connectivity index (χ3n) is 10.5. The van der Waals surface area contributed by atoms with Crippen LogP contribution in [0.4, 0.5) is 0 Å². The molecule has 1 aliphatic heterocycles. The lowest BCUT2D eigenvalue weighted by molar-refractivity contribution is 1.37. The molecule has 0 saturated carbocycles. The van der Waals surface area contributed by atoms with Crippen LogP contribution in [-0.2, 0) is 0 Å². The maximum atomic E-state index is 5.25. The highest BCUT2D eigenvalue weighted by Gasteiger charge is 2.37. The summed E-state index contributed by atoms with van der Waals surface area (Å²) in [5.74, 6) is 0. The lowest BCUT2D eigenvalue weighted by Gasteiger charge is -2.19. The Morgan fingerprint density at radius 3 is 1.98 bits per heavy atom. The molecule has 220 valence electrons. The van der Waals surface area contributed by atoms with E-state index in [1.165, 1.54) is 54.6 Å². The van der Waals surface area contributed by atoms with Crippen molar-refractivity contribution in [1.82, 2.24) is 9.97 Å². The molecule has 0 radical (unpaired) electrons. The lowest BCUT2D eigenvalue weighted by atomic mass is 9.90. The van der Waals surface area contributed by atoms with Crippen LogP contribution in [0.5, 0.6) is 0 Å². The Morgan fingerprint density at radius 2 is 1.13 bits per heavy atom. The summed E-state index contributed by atoms with van der Waals surface area (Å²) in [6.07, 6.45) is 1.85. The Morgan fingerprint density at radius 1 is 0.447 bits per heavy atom. The van der Waals surface area contributed by atoms with Gasteiger partial charge >= 0.3 is 0 Å². The summed E-state index contributed by atoms with van der Waals surface area (Å²) in [5.41, 5.74) is 9.30. The maximum absolute atomic E-state index is 5.25. The Hall–Kier alpha value is -5.64. The molecule has 0 aliphatic carbocycles. The molecule has 3 heteroatoms. The first-order valence-corrected chi connectivity index (χ1v) is 19.3. The fourth-order valence-corrected chi connectivity index (χ4v) is 11.2. The molecule has 7 aromatic carbocycles. The fraction of sp³-hybridized carbons (Fsp3) is 0.0455. The summed E-state index contributed by atoms with van der Waals surface area (Å²) >= 11 is 0. The van der Waals surface area contributed by atoms with Crippen LogP contribution < -0.4 is 10.4 Å². The Bertz CT molecular complexity index is 2780. The van der Waals surface area contributed by atoms with Crippen molar-refractivity contribution in [3.05, 3.63) is 146 Å². The Kier molecular flexibility index (Phi) is 5.47. The van der Waals surface area contributed by atoms with Gasteiger partial charge in [0.15, 0.2) is 0 Å². The molecule has 47 heavy (non-hydrogen) atoms. The highest BCUT2D eigenvalue weighted by atomic mass is 28.3. The smallest absolute Gasteiger partial charge is 0.113 e. The number of nitrogens with zero attached hydrogens (tertiary/aromatic N) is 2. The van der Waals surface area contributed by atoms with Crippen molar-refractivity contribution in [3.63, 3.8) is 0 Å². The van der Waals surface area contributed by atoms with Crippen molar-refractivity contribution < 1.29 is 0 Å². The van der Waals surface area contributed by atoms with E-state index < -0.39 is 8.07 Å². The number of fused-ring (bicyclic) bond motifs is 10. The predicted molar refractivity (Wildman–Crippen MR) is 203 cm³/mol. The highest BCUT2D eigenvalue weighted by Crippen LogP contribution is 2.41. The number of hydrogen-bond acceptors (Lipinski definition) is 2. The average molecular weight is 615 g/mol. The van der Waals surface area contributed by atoms with Gasteiger partial charge in [-0.25, -0.2) is 4.98 Å². The van der Waals surface area contributed by atoms with E-state index in [-0.39, 0.29) is 0 Å². The van der Waals surface area contributed by atoms with Crippen LogP contribution in [0, 0.1) is 0 Å². The summed E-state index contributed by atoms with van der Waals surface area (Å²) in [4.78, 5) is 9.96. The monoisotopic (exact) mass is 614 g/mol. The minimum atomic E-state index is -1.72. The van der Waals surface area contributed by atoms with Gasteiger partial charge < -0.3 is 0 Å². The van der Waals surface area contributed by atoms with Crippen LogP contribution in [0.25, 0.3) is 87.6 Å². The molecule has 0 amide bonds. The zero-order valence-electron chi connectivity index (χ0n) is 26.3. The van der Waals surface area contributed by atoms with Crippen LogP contribution in [0.2, 0.25) is 13.1 Å². The Labute approximate surface area is 274 Å². The van der Waals surface area contributed by atoms with E-state index in [0.29, 0.717) is 0 Å². The summed E-state index contributed by atoms with van der Waals surface area (Å²) in [6.45, 7) is 4.97. The van der Waals surface area contributed by atoms with E-state index in [1.54, 1.807) is 10.4 Å². The second kappa shape index (κ2) is 9.68. The van der Waals surface area contributed by atoms with Crippen LogP contribution in [-0.4, -0.2) is 18.0 Å². The number of pyridine rings is 2. The summed E-state index contributed by atoms with van der Waals surface area (Å²) in [7, 11) is -1.72. The highest BCUT2D eigenvalue weighted by molar-refractivity contribution is 7.04. The molecule has 2 aromatic heterocycles. The molecule has 0 unspecified atom stereocenters. The number of rotatable bonds is 2. The molecular formula is C44H30N2Si. The standard InChI is InChI=1S/C44H30N2Si/c1-47(2)40-12-6-5-11-36(40)42-34-18-15-31(24-32(34)17-22-41(42)47)33-19-20-35(38-26-30-9-4-3-8-29(30)25-37(33)38)39-21-16-28-14-13-27-10-7-23-45-43(27)44(28)46-39/h3-26H,1-2H3. The normalized spacial score (nSPS) is 13.5. The number of benzene rings is 7. The van der Waals surface area contributed by atoms with Crippen LogP contribution in [0.15, 0.2) is 146 Å². The minimum Gasteiger partial charge on any atom is -0.254 e. The van der Waals surface area contributed by atoms with E-state index >= 15 is 0 Å². The van der Waals surface area contributed by atoms with Crippen LogP contribution in [0.3, 0.4) is 0 Å². The summed E-state index contributed by atoms with van der Waals surface area (Å²) in [6, 6.07) is 51.5. The zero-order valence-corrected chi connectivity index (χ0v) is 27.3. The molecule has 3 heterocycles. The lowest BCUT2D eigenvalue weighted by Crippen LogP contribution is -2.49. The third-order valence-corrected chi connectivity index (χ3v) is 14.0. The number of hydrogen-bond donors (Lipinski definition) is 0. The SMILES string of the molecule is C[Si]1(C)c2ccccc2-c2c1ccc1cc(-c3ccc(-c4ccc5ccc6cccnc6c5n4)c4cc5ccccc5cc34)ccc21. The first-order chi connectivity index (χ1) is 23.0. The van der Waals surface area contributed by atoms with Gasteiger partial charge in [0.05, 0.1) is 16.7 Å². The van der Waals surface area contributed by atoms with Crippen LogP contribution >= 0.6 is 0 Å². The van der Waals surface area contributed by atoms with E-state index in [2.05, 4.69) is 147 Å². The van der Waals surface area contributed by atoms with Gasteiger partial charge in [-0.05, 0) is 95.3 Å². The summed E-state index contributed by atoms with van der Waals surface area (Å²) < 4.78 is 0. The maximum Gasteiger partial charge on any atom is 0.113 e. The van der Waals surface area contributed by atoms with Gasteiger partial charge in [0.1, 0.15) is 8.07 Å². The van der Waals surface area contributed by atoms with Gasteiger partial charge in [0.2, 0.25) is 0 Å². The van der Waals surface area contributed by atoms with Crippen LogP contribution in [0.1, 0.15) is 0 Å². The zero-order chi connectivity index (χ0) is 31.3. The van der Waals surface area contributed by atoms with Crippen molar-refractivity contribution in [2.24, 2.45) is 0 Å². The molecule has 10 rings (SSSR count). The third kappa shape index (κ3) is 3.84. The molecule has 2 nitrogen and oxygen atoms in total. The largest absolute Gasteiger partial charge is 0.254 e. The molecule has 0 N–H and O–H groups in total. The van der Waals surface area contributed by atoms with E-state index in [1.807, 2.05) is 12.3 Å². The topological polar surface area (TPSA) is 25.8 Å². The van der Waals surface area contributed by atoms with E-state index in [9.17, 15) is 0 Å². The second-order valence-electron chi connectivity index (χ2n) is 13.4. The minimum absolute atomic E-state index is 0.938. The first kappa shape index (κ1) is 26.6. The van der Waals surface area contributed by atoms with Crippen molar-refractivity contribution in [3.8, 4) is 33.5 Å². The van der Waals surface area contributed by atoms with Gasteiger partial charge in [-0.2, -0.15) is 0 Å². The van der Waals surface area contributed by atoms with Crippen molar-refractivity contribution >= 4 is 72.6 Å². The second-order valence-corrected chi connectivity index (χ2v) is 17.7. The molecular weight excluding hydrogens is 585 g/mol. The van der Waals surface area contributed by atoms with Gasteiger partial charge in [-0.1, -0.05) is 122 Å². The average Bonchev–Trinajstić information content (AvgIpc) is 3.36. The van der Waals surface area contributed by atoms with Crippen molar-refractivity contribution in [1.29, 1.82) is 0 Å². The molecule has 0 atom stereocenters. The predicted octanol–water partition coefficient (Wildman–Crippen LogP) is 10.4. The quantitative estimate of drug-likeness (QED) is 0.110. The van der Waals surface area contributed by atoms with Gasteiger partial charge in [0, 0.05) is 22.5 Å². The molecule has 0 saturated heterocycles. The molecule has 0 spiro atoms. The van der Waals surface area contributed by atoms with E-state index in [0.717, 1.165) is 33.1 Å². The van der Waals surface area contributed by atoms with Crippen molar-refractivity contribution in [2.75, 3.05) is 0 Å². The van der Waals surface area contributed by atoms with Gasteiger partial charge in [-0.3, -0.25) is 4.98 Å². The molecule has 0 bridgehead atoms. The van der Waals surface area contributed by atoms with Crippen molar-refractivity contribution in [2.45, 2.75) is 13.1 Å². The fourth-order valence-electron chi connectivity index (χ4n) is 8.08. The molecule has 0 fully saturated rings. The molecule has 1 aliphatic rings. The number of aromatic nitrogens is 2. The molecule has 9 aromatic rings. The van der Waals surface area contributed by atoms with Gasteiger partial charge in [0.25, 0.3) is 0 Å².